The highest BCUT2D eigenvalue weighted by molar-refractivity contribution is 7.70. The predicted octanol–water partition coefficient (Wildman–Crippen LogP) is 2.33. The highest BCUT2D eigenvalue weighted by Crippen LogP contribution is 2.44. The summed E-state index contributed by atoms with van der Waals surface area (Å²) in [4.78, 5) is 11.5. The molecule has 6 heteroatoms. The minimum atomic E-state index is -2.49. The molecular formula is C14H21N2O3P. The summed E-state index contributed by atoms with van der Waals surface area (Å²) in [5, 5.41) is 6.74. The summed E-state index contributed by atoms with van der Waals surface area (Å²) >= 11 is 0. The standard InChI is InChI=1S/C14H21N2O3P/c1-9(2)7-15-10-5-6-11(20(3,4)18)13-14(10)19-8-12(17)16-13/h5-6,9,15H,7-8H2,1-4H3,(H,16,17). The average Bonchev–Trinajstić information content (AvgIpc) is 2.33. The van der Waals surface area contributed by atoms with Gasteiger partial charge in [-0.3, -0.25) is 4.79 Å². The van der Waals surface area contributed by atoms with Gasteiger partial charge in [0.25, 0.3) is 5.91 Å². The number of hydrogen-bond acceptors (Lipinski definition) is 4. The lowest BCUT2D eigenvalue weighted by atomic mass is 10.2. The molecule has 0 saturated carbocycles. The molecule has 0 spiro atoms. The van der Waals surface area contributed by atoms with Crippen molar-refractivity contribution in [1.82, 2.24) is 0 Å². The molecule has 1 aromatic carbocycles. The van der Waals surface area contributed by atoms with E-state index >= 15 is 0 Å². The summed E-state index contributed by atoms with van der Waals surface area (Å²) in [5.74, 6) is 0.867. The molecule has 2 N–H and O–H groups in total. The number of carbonyl (C=O) groups excluding carboxylic acids is 1. The third-order valence-corrected chi connectivity index (χ3v) is 4.56. The van der Waals surface area contributed by atoms with Gasteiger partial charge in [0.1, 0.15) is 7.14 Å². The Bertz CT molecular complexity index is 578. The van der Waals surface area contributed by atoms with E-state index in [2.05, 4.69) is 24.5 Å². The second-order valence-corrected chi connectivity index (χ2v) is 8.98. The smallest absolute Gasteiger partial charge is 0.262 e. The molecule has 1 aliphatic rings. The molecule has 1 aliphatic heterocycles. The largest absolute Gasteiger partial charge is 0.479 e. The van der Waals surface area contributed by atoms with E-state index in [1.165, 1.54) is 0 Å². The van der Waals surface area contributed by atoms with E-state index in [1.54, 1.807) is 19.4 Å². The van der Waals surface area contributed by atoms with Crippen LogP contribution in [0.15, 0.2) is 12.1 Å². The number of ether oxygens (including phenoxy) is 1. The van der Waals surface area contributed by atoms with Crippen molar-refractivity contribution in [2.75, 3.05) is 37.1 Å². The van der Waals surface area contributed by atoms with Gasteiger partial charge in [0.15, 0.2) is 12.4 Å². The Kier molecular flexibility index (Phi) is 4.09. The molecular weight excluding hydrogens is 275 g/mol. The van der Waals surface area contributed by atoms with Crippen molar-refractivity contribution in [2.24, 2.45) is 5.92 Å². The number of rotatable bonds is 4. The number of benzene rings is 1. The molecule has 0 atom stereocenters. The molecule has 1 heterocycles. The van der Waals surface area contributed by atoms with Gasteiger partial charge in [0, 0.05) is 11.8 Å². The van der Waals surface area contributed by atoms with Crippen molar-refractivity contribution in [2.45, 2.75) is 13.8 Å². The summed E-state index contributed by atoms with van der Waals surface area (Å²) < 4.78 is 17.9. The van der Waals surface area contributed by atoms with Crippen LogP contribution in [0.3, 0.4) is 0 Å². The van der Waals surface area contributed by atoms with Crippen molar-refractivity contribution in [3.63, 3.8) is 0 Å². The first kappa shape index (κ1) is 14.9. The lowest BCUT2D eigenvalue weighted by Crippen LogP contribution is -2.30. The third-order valence-electron chi connectivity index (χ3n) is 3.03. The van der Waals surface area contributed by atoms with Crippen LogP contribution in [0.4, 0.5) is 11.4 Å². The van der Waals surface area contributed by atoms with Crippen LogP contribution in [0.1, 0.15) is 13.8 Å². The van der Waals surface area contributed by atoms with Gasteiger partial charge in [0.2, 0.25) is 0 Å². The molecule has 2 rings (SSSR count). The van der Waals surface area contributed by atoms with Crippen molar-refractivity contribution in [1.29, 1.82) is 0 Å². The molecule has 0 aromatic heterocycles. The fourth-order valence-electron chi connectivity index (χ4n) is 2.06. The number of nitrogens with one attached hydrogen (secondary N) is 2. The van der Waals surface area contributed by atoms with E-state index in [4.69, 9.17) is 4.74 Å². The molecule has 0 bridgehead atoms. The molecule has 0 fully saturated rings. The molecule has 110 valence electrons. The third kappa shape index (κ3) is 3.15. The maximum Gasteiger partial charge on any atom is 0.262 e. The monoisotopic (exact) mass is 296 g/mol. The topological polar surface area (TPSA) is 67.4 Å². The van der Waals surface area contributed by atoms with Crippen molar-refractivity contribution >= 4 is 29.7 Å². The molecule has 0 aliphatic carbocycles. The SMILES string of the molecule is CC(C)CNc1ccc(P(C)(C)=O)c2c1OCC(=O)N2. The van der Waals surface area contributed by atoms with Gasteiger partial charge >= 0.3 is 0 Å². The molecule has 20 heavy (non-hydrogen) atoms. The van der Waals surface area contributed by atoms with Gasteiger partial charge in [-0.1, -0.05) is 13.8 Å². The van der Waals surface area contributed by atoms with E-state index in [-0.39, 0.29) is 12.5 Å². The summed E-state index contributed by atoms with van der Waals surface area (Å²) in [7, 11) is -2.49. The van der Waals surface area contributed by atoms with Gasteiger partial charge in [-0.25, -0.2) is 0 Å². The zero-order chi connectivity index (χ0) is 14.9. The van der Waals surface area contributed by atoms with Gasteiger partial charge < -0.3 is 19.9 Å². The fraction of sp³-hybridized carbons (Fsp3) is 0.500. The van der Waals surface area contributed by atoms with Crippen LogP contribution in [-0.4, -0.2) is 32.4 Å². The zero-order valence-electron chi connectivity index (χ0n) is 12.3. The minimum absolute atomic E-state index is 0.00938. The molecule has 1 aromatic rings. The van der Waals surface area contributed by atoms with Gasteiger partial charge in [-0.05, 0) is 31.4 Å². The van der Waals surface area contributed by atoms with Gasteiger partial charge in [-0.15, -0.1) is 0 Å². The Balaban J connectivity index is 2.46. The normalized spacial score (nSPS) is 14.6. The van der Waals surface area contributed by atoms with E-state index in [1.807, 2.05) is 6.07 Å². The zero-order valence-corrected chi connectivity index (χ0v) is 13.2. The Labute approximate surface area is 119 Å². The highest BCUT2D eigenvalue weighted by Gasteiger charge is 2.27. The van der Waals surface area contributed by atoms with Crippen LogP contribution in [0.25, 0.3) is 0 Å². The lowest BCUT2D eigenvalue weighted by molar-refractivity contribution is -0.118. The Morgan fingerprint density at radius 3 is 2.70 bits per heavy atom. The Morgan fingerprint density at radius 2 is 2.10 bits per heavy atom. The molecule has 0 unspecified atom stereocenters. The number of amides is 1. The quantitative estimate of drug-likeness (QED) is 0.837. The molecule has 0 saturated heterocycles. The Hall–Kier alpha value is -1.48. The van der Waals surface area contributed by atoms with Crippen LogP contribution >= 0.6 is 7.14 Å². The van der Waals surface area contributed by atoms with E-state index < -0.39 is 7.14 Å². The van der Waals surface area contributed by atoms with Crippen LogP contribution in [-0.2, 0) is 9.36 Å². The van der Waals surface area contributed by atoms with Crippen LogP contribution < -0.4 is 20.7 Å². The maximum atomic E-state index is 12.3. The van der Waals surface area contributed by atoms with Crippen molar-refractivity contribution in [3.05, 3.63) is 12.1 Å². The van der Waals surface area contributed by atoms with E-state index in [0.29, 0.717) is 22.7 Å². The lowest BCUT2D eigenvalue weighted by Gasteiger charge is -2.25. The molecule has 0 radical (unpaired) electrons. The average molecular weight is 296 g/mol. The summed E-state index contributed by atoms with van der Waals surface area (Å²) in [5.41, 5.74) is 1.37. The highest BCUT2D eigenvalue weighted by atomic mass is 31.2. The van der Waals surface area contributed by atoms with Gasteiger partial charge in [-0.2, -0.15) is 0 Å². The second kappa shape index (κ2) is 5.49. The first-order chi connectivity index (χ1) is 9.29. The van der Waals surface area contributed by atoms with E-state index in [9.17, 15) is 9.36 Å². The van der Waals surface area contributed by atoms with Crippen LogP contribution in [0.2, 0.25) is 0 Å². The summed E-state index contributed by atoms with van der Waals surface area (Å²) in [6.45, 7) is 8.39. The van der Waals surface area contributed by atoms with E-state index in [0.717, 1.165) is 12.2 Å². The van der Waals surface area contributed by atoms with Crippen LogP contribution in [0, 0.1) is 5.92 Å². The van der Waals surface area contributed by atoms with Crippen LogP contribution in [0.5, 0.6) is 5.75 Å². The number of carbonyl (C=O) groups is 1. The number of fused-ring (bicyclic) bond motifs is 1. The van der Waals surface area contributed by atoms with Gasteiger partial charge in [0.05, 0.1) is 11.4 Å². The Morgan fingerprint density at radius 1 is 1.40 bits per heavy atom. The second-order valence-electron chi connectivity index (χ2n) is 5.80. The molecule has 1 amide bonds. The summed E-state index contributed by atoms with van der Waals surface area (Å²) in [6.07, 6.45) is 0. The number of anilines is 2. The summed E-state index contributed by atoms with van der Waals surface area (Å²) in [6, 6.07) is 3.67. The predicted molar refractivity (Wildman–Crippen MR) is 83.0 cm³/mol. The maximum absolute atomic E-state index is 12.3. The first-order valence-corrected chi connectivity index (χ1v) is 9.28. The minimum Gasteiger partial charge on any atom is -0.479 e. The first-order valence-electron chi connectivity index (χ1n) is 6.68. The fourth-order valence-corrected chi connectivity index (χ4v) is 3.19. The van der Waals surface area contributed by atoms with Crippen molar-refractivity contribution < 1.29 is 14.1 Å². The molecule has 5 nitrogen and oxygen atoms in total. The van der Waals surface area contributed by atoms with Crippen molar-refractivity contribution in [3.8, 4) is 5.75 Å². The number of hydrogen-bond donors (Lipinski definition) is 2.